The molecule has 0 aliphatic carbocycles. The zero-order valence-electron chi connectivity index (χ0n) is 13.3. The van der Waals surface area contributed by atoms with E-state index in [-0.39, 0.29) is 17.0 Å². The van der Waals surface area contributed by atoms with Gasteiger partial charge >= 0.3 is 0 Å². The number of amides is 1. The van der Waals surface area contributed by atoms with Crippen molar-refractivity contribution in [2.24, 2.45) is 0 Å². The highest BCUT2D eigenvalue weighted by molar-refractivity contribution is 6.74. The first kappa shape index (κ1) is 16.4. The van der Waals surface area contributed by atoms with Gasteiger partial charge in [0, 0.05) is 13.1 Å². The first-order valence-electron chi connectivity index (χ1n) is 7.27. The number of likely N-dealkylation sites (tertiary alicyclic amines) is 1. The van der Waals surface area contributed by atoms with Gasteiger partial charge in [0.2, 0.25) is 5.91 Å². The number of allylic oxidation sites excluding steroid dienone is 1. The molecule has 0 unspecified atom stereocenters. The Hall–Kier alpha value is -0.613. The molecule has 1 rings (SSSR count). The van der Waals surface area contributed by atoms with Gasteiger partial charge in [-0.2, -0.15) is 0 Å². The average molecular weight is 283 g/mol. The molecule has 0 N–H and O–H groups in total. The first-order valence-corrected chi connectivity index (χ1v) is 10.2. The molecule has 0 aromatic carbocycles. The van der Waals surface area contributed by atoms with Crippen molar-refractivity contribution in [2.45, 2.75) is 64.8 Å². The molecule has 0 spiro atoms. The molecule has 19 heavy (non-hydrogen) atoms. The van der Waals surface area contributed by atoms with Crippen LogP contribution < -0.4 is 0 Å². The van der Waals surface area contributed by atoms with Crippen molar-refractivity contribution in [2.75, 3.05) is 13.1 Å². The Bertz CT molecular complexity index is 345. The second-order valence-electron chi connectivity index (χ2n) is 6.93. The molecule has 1 saturated heterocycles. The standard InChI is InChI=1S/C15H29NO2Si/c1-7-9-14(17)16-11-8-10-13(12-16)18-19(5,6)15(2,3)4/h7,9,13H,8,10-12H2,1-6H3/t13-/m0/s1. The summed E-state index contributed by atoms with van der Waals surface area (Å²) in [6, 6.07) is 0. The van der Waals surface area contributed by atoms with E-state index in [1.54, 1.807) is 12.2 Å². The van der Waals surface area contributed by atoms with Gasteiger partial charge in [-0.25, -0.2) is 0 Å². The molecule has 0 saturated carbocycles. The van der Waals surface area contributed by atoms with Crippen LogP contribution in [0.25, 0.3) is 0 Å². The molecule has 1 heterocycles. The van der Waals surface area contributed by atoms with Crippen molar-refractivity contribution in [3.05, 3.63) is 12.2 Å². The summed E-state index contributed by atoms with van der Waals surface area (Å²) < 4.78 is 6.42. The fourth-order valence-corrected chi connectivity index (χ4v) is 3.46. The van der Waals surface area contributed by atoms with Crippen LogP contribution in [0, 0.1) is 0 Å². The third-order valence-electron chi connectivity index (χ3n) is 4.27. The van der Waals surface area contributed by atoms with E-state index in [2.05, 4.69) is 33.9 Å². The number of hydrogen-bond acceptors (Lipinski definition) is 2. The molecule has 1 aliphatic rings. The summed E-state index contributed by atoms with van der Waals surface area (Å²) in [7, 11) is -1.73. The van der Waals surface area contributed by atoms with Crippen molar-refractivity contribution < 1.29 is 9.22 Å². The topological polar surface area (TPSA) is 29.5 Å². The number of hydrogen-bond donors (Lipinski definition) is 0. The molecule has 3 nitrogen and oxygen atoms in total. The van der Waals surface area contributed by atoms with E-state index in [1.165, 1.54) is 0 Å². The summed E-state index contributed by atoms with van der Waals surface area (Å²) in [5, 5.41) is 0.225. The molecule has 1 aliphatic heterocycles. The molecule has 110 valence electrons. The molecule has 4 heteroatoms. The minimum atomic E-state index is -1.73. The van der Waals surface area contributed by atoms with E-state index in [4.69, 9.17) is 4.43 Å². The van der Waals surface area contributed by atoms with Crippen LogP contribution >= 0.6 is 0 Å². The minimum absolute atomic E-state index is 0.117. The normalized spacial score (nSPS) is 22.0. The van der Waals surface area contributed by atoms with Crippen LogP contribution in [-0.4, -0.2) is 38.3 Å². The van der Waals surface area contributed by atoms with Crippen molar-refractivity contribution in [3.63, 3.8) is 0 Å². The third kappa shape index (κ3) is 4.46. The van der Waals surface area contributed by atoms with E-state index in [0.29, 0.717) is 0 Å². The molecule has 0 aromatic rings. The lowest BCUT2D eigenvalue weighted by molar-refractivity contribution is -0.128. The predicted molar refractivity (Wildman–Crippen MR) is 82.7 cm³/mol. The van der Waals surface area contributed by atoms with Crippen LogP contribution in [0.1, 0.15) is 40.5 Å². The molecule has 1 atom stereocenters. The van der Waals surface area contributed by atoms with E-state index >= 15 is 0 Å². The fraction of sp³-hybridized carbons (Fsp3) is 0.800. The summed E-state index contributed by atoms with van der Waals surface area (Å²) in [5.41, 5.74) is 0. The third-order valence-corrected chi connectivity index (χ3v) is 8.80. The van der Waals surface area contributed by atoms with E-state index < -0.39 is 8.32 Å². The van der Waals surface area contributed by atoms with Gasteiger partial charge in [0.25, 0.3) is 0 Å². The highest BCUT2D eigenvalue weighted by atomic mass is 28.4. The Kier molecular flexibility index (Phi) is 5.39. The van der Waals surface area contributed by atoms with Crippen molar-refractivity contribution in [1.82, 2.24) is 4.90 Å². The largest absolute Gasteiger partial charge is 0.412 e. The van der Waals surface area contributed by atoms with Gasteiger partial charge in [-0.05, 0) is 44.0 Å². The van der Waals surface area contributed by atoms with Crippen LogP contribution in [0.2, 0.25) is 18.1 Å². The SMILES string of the molecule is CC=CC(=O)N1CCC[C@H](O[Si](C)(C)C(C)(C)C)C1. The van der Waals surface area contributed by atoms with Crippen molar-refractivity contribution in [3.8, 4) is 0 Å². The lowest BCUT2D eigenvalue weighted by atomic mass is 10.1. The van der Waals surface area contributed by atoms with E-state index in [9.17, 15) is 4.79 Å². The Morgan fingerprint density at radius 3 is 2.53 bits per heavy atom. The summed E-state index contributed by atoms with van der Waals surface area (Å²) in [5.74, 6) is 0.117. The maximum atomic E-state index is 11.9. The first-order chi connectivity index (χ1) is 8.67. The van der Waals surface area contributed by atoms with Crippen LogP contribution in [0.15, 0.2) is 12.2 Å². The Morgan fingerprint density at radius 1 is 1.37 bits per heavy atom. The van der Waals surface area contributed by atoms with Crippen LogP contribution in [0.3, 0.4) is 0 Å². The van der Waals surface area contributed by atoms with Gasteiger partial charge in [0.05, 0.1) is 6.10 Å². The zero-order valence-corrected chi connectivity index (χ0v) is 14.3. The molecule has 1 fully saturated rings. The molecular formula is C15H29NO2Si. The van der Waals surface area contributed by atoms with Gasteiger partial charge in [-0.3, -0.25) is 4.79 Å². The van der Waals surface area contributed by atoms with Gasteiger partial charge < -0.3 is 9.33 Å². The van der Waals surface area contributed by atoms with Gasteiger partial charge in [0.1, 0.15) is 0 Å². The molecule has 0 bridgehead atoms. The quantitative estimate of drug-likeness (QED) is 0.585. The van der Waals surface area contributed by atoms with Gasteiger partial charge in [-0.1, -0.05) is 26.8 Å². The second-order valence-corrected chi connectivity index (χ2v) is 11.7. The number of carbonyl (C=O) groups is 1. The maximum absolute atomic E-state index is 11.9. The highest BCUT2D eigenvalue weighted by Gasteiger charge is 2.40. The number of rotatable bonds is 3. The number of piperidine rings is 1. The monoisotopic (exact) mass is 283 g/mol. The van der Waals surface area contributed by atoms with Crippen molar-refractivity contribution >= 4 is 14.2 Å². The molecule has 0 radical (unpaired) electrons. The summed E-state index contributed by atoms with van der Waals surface area (Å²) in [4.78, 5) is 13.8. The van der Waals surface area contributed by atoms with E-state index in [1.807, 2.05) is 11.8 Å². The van der Waals surface area contributed by atoms with Gasteiger partial charge in [-0.15, -0.1) is 0 Å². The summed E-state index contributed by atoms with van der Waals surface area (Å²) >= 11 is 0. The average Bonchev–Trinajstić information content (AvgIpc) is 2.27. The molecule has 0 aromatic heterocycles. The van der Waals surface area contributed by atoms with E-state index in [0.717, 1.165) is 25.9 Å². The number of nitrogens with zero attached hydrogens (tertiary/aromatic N) is 1. The predicted octanol–water partition coefficient (Wildman–Crippen LogP) is 3.58. The van der Waals surface area contributed by atoms with Crippen LogP contribution in [-0.2, 0) is 9.22 Å². The summed E-state index contributed by atoms with van der Waals surface area (Å²) in [6.45, 7) is 14.8. The molecular weight excluding hydrogens is 254 g/mol. The maximum Gasteiger partial charge on any atom is 0.246 e. The zero-order chi connectivity index (χ0) is 14.7. The Labute approximate surface area is 119 Å². The summed E-state index contributed by atoms with van der Waals surface area (Å²) in [6.07, 6.45) is 5.79. The lowest BCUT2D eigenvalue weighted by Crippen LogP contribution is -2.50. The van der Waals surface area contributed by atoms with Crippen LogP contribution in [0.5, 0.6) is 0 Å². The fourth-order valence-electron chi connectivity index (χ4n) is 2.08. The molecule has 1 amide bonds. The van der Waals surface area contributed by atoms with Crippen LogP contribution in [0.4, 0.5) is 0 Å². The highest BCUT2D eigenvalue weighted by Crippen LogP contribution is 2.38. The Balaban J connectivity index is 2.63. The Morgan fingerprint density at radius 2 is 2.00 bits per heavy atom. The smallest absolute Gasteiger partial charge is 0.246 e. The number of carbonyl (C=O) groups excluding carboxylic acids is 1. The lowest BCUT2D eigenvalue weighted by Gasteiger charge is -2.42. The van der Waals surface area contributed by atoms with Crippen molar-refractivity contribution in [1.29, 1.82) is 0 Å². The van der Waals surface area contributed by atoms with Gasteiger partial charge in [0.15, 0.2) is 8.32 Å². The minimum Gasteiger partial charge on any atom is -0.412 e. The second kappa shape index (κ2) is 6.22.